The summed E-state index contributed by atoms with van der Waals surface area (Å²) in [6, 6.07) is 0. The summed E-state index contributed by atoms with van der Waals surface area (Å²) < 4.78 is 15.2. The van der Waals surface area contributed by atoms with Crippen LogP contribution in [0.4, 0.5) is 0 Å². The second-order valence-corrected chi connectivity index (χ2v) is 4.24. The van der Waals surface area contributed by atoms with Crippen molar-refractivity contribution in [2.75, 3.05) is 7.11 Å². The smallest absolute Gasteiger partial charge is 0.331 e. The lowest BCUT2D eigenvalue weighted by atomic mass is 9.97. The first-order valence-corrected chi connectivity index (χ1v) is 6.06. The monoisotopic (exact) mass is 290 g/mol. The number of rotatable bonds is 5. The largest absolute Gasteiger partial charge is 0.478 e. The van der Waals surface area contributed by atoms with Gasteiger partial charge in [-0.2, -0.15) is 0 Å². The van der Waals surface area contributed by atoms with Crippen LogP contribution in [-0.2, 0) is 23.8 Å². The third kappa shape index (κ3) is 4.01. The molecule has 5 atom stereocenters. The summed E-state index contributed by atoms with van der Waals surface area (Å²) in [5.41, 5.74) is 0. The minimum atomic E-state index is -1.39. The van der Waals surface area contributed by atoms with E-state index < -0.39 is 42.6 Å². The second kappa shape index (κ2) is 7.34. The molecule has 0 aromatic carbocycles. The van der Waals surface area contributed by atoms with Crippen molar-refractivity contribution in [3.8, 4) is 0 Å². The molecule has 0 bridgehead atoms. The Morgan fingerprint density at radius 3 is 2.40 bits per heavy atom. The number of esters is 1. The Morgan fingerprint density at radius 1 is 1.25 bits per heavy atom. The molecule has 20 heavy (non-hydrogen) atoms. The maximum absolute atomic E-state index is 11.4. The van der Waals surface area contributed by atoms with Crippen molar-refractivity contribution in [3.63, 3.8) is 0 Å². The van der Waals surface area contributed by atoms with E-state index in [4.69, 9.17) is 19.3 Å². The third-order valence-corrected chi connectivity index (χ3v) is 2.89. The van der Waals surface area contributed by atoms with Gasteiger partial charge in [0.2, 0.25) is 0 Å². The first-order chi connectivity index (χ1) is 9.40. The highest BCUT2D eigenvalue weighted by Crippen LogP contribution is 2.25. The van der Waals surface area contributed by atoms with Crippen LogP contribution in [0.2, 0.25) is 0 Å². The van der Waals surface area contributed by atoms with Crippen molar-refractivity contribution < 1.29 is 39.1 Å². The van der Waals surface area contributed by atoms with Crippen molar-refractivity contribution in [1.82, 2.24) is 0 Å². The molecule has 114 valence electrons. The van der Waals surface area contributed by atoms with Gasteiger partial charge in [0.05, 0.1) is 6.10 Å². The van der Waals surface area contributed by atoms with Crippen molar-refractivity contribution in [2.45, 2.75) is 44.1 Å². The molecule has 3 N–H and O–H groups in total. The molecule has 2 unspecified atom stereocenters. The van der Waals surface area contributed by atoms with Gasteiger partial charge >= 0.3 is 11.9 Å². The van der Waals surface area contributed by atoms with Crippen molar-refractivity contribution in [1.29, 1.82) is 0 Å². The van der Waals surface area contributed by atoms with Gasteiger partial charge in [-0.3, -0.25) is 0 Å². The Balaban J connectivity index is 2.75. The van der Waals surface area contributed by atoms with Crippen LogP contribution in [0.3, 0.4) is 0 Å². The molecule has 1 aliphatic heterocycles. The van der Waals surface area contributed by atoms with Crippen molar-refractivity contribution >= 4 is 11.9 Å². The average Bonchev–Trinajstić information content (AvgIpc) is 2.42. The number of methoxy groups -OCH3 is 1. The van der Waals surface area contributed by atoms with Gasteiger partial charge in [-0.1, -0.05) is 6.92 Å². The molecule has 0 spiro atoms. The summed E-state index contributed by atoms with van der Waals surface area (Å²) >= 11 is 0. The van der Waals surface area contributed by atoms with E-state index in [2.05, 4.69) is 0 Å². The number of aliphatic hydroxyl groups is 2. The van der Waals surface area contributed by atoms with Crippen LogP contribution in [0.5, 0.6) is 0 Å². The van der Waals surface area contributed by atoms with Crippen molar-refractivity contribution in [3.05, 3.63) is 12.2 Å². The molecule has 1 fully saturated rings. The molecule has 0 saturated carbocycles. The SMILES string of the molecule is CCC1O[C@@H](OC)C(OC(=O)/C=C/C(=O)O)[C@H](O)[C@H]1O. The zero-order chi connectivity index (χ0) is 15.3. The number of carboxylic acids is 1. The standard InChI is InChI=1S/C12H18O8/c1-3-6-9(16)10(17)11(12(18-2)19-6)20-8(15)5-4-7(13)14/h4-6,9-12,16-17H,3H2,1-2H3,(H,13,14)/b5-4+/t6?,9-,10+,11?,12+/m0/s1. The molecular formula is C12H18O8. The lowest BCUT2D eigenvalue weighted by molar-refractivity contribution is -0.293. The highest BCUT2D eigenvalue weighted by molar-refractivity contribution is 5.90. The fourth-order valence-electron chi connectivity index (χ4n) is 1.87. The van der Waals surface area contributed by atoms with E-state index in [0.717, 1.165) is 0 Å². The summed E-state index contributed by atoms with van der Waals surface area (Å²) in [6.45, 7) is 1.76. The molecule has 8 heteroatoms. The van der Waals surface area contributed by atoms with Gasteiger partial charge in [-0.25, -0.2) is 9.59 Å². The Hall–Kier alpha value is -1.48. The second-order valence-electron chi connectivity index (χ2n) is 4.24. The Bertz CT molecular complexity index is 378. The fourth-order valence-corrected chi connectivity index (χ4v) is 1.87. The summed E-state index contributed by atoms with van der Waals surface area (Å²) in [5, 5.41) is 28.2. The van der Waals surface area contributed by atoms with Gasteiger partial charge in [0.15, 0.2) is 12.4 Å². The van der Waals surface area contributed by atoms with Gasteiger partial charge in [0.1, 0.15) is 12.2 Å². The normalized spacial score (nSPS) is 34.1. The van der Waals surface area contributed by atoms with Crippen LogP contribution in [0.25, 0.3) is 0 Å². The summed E-state index contributed by atoms with van der Waals surface area (Å²) in [6.07, 6.45) is -3.80. The number of carbonyl (C=O) groups is 2. The number of carbonyl (C=O) groups excluding carboxylic acids is 1. The van der Waals surface area contributed by atoms with E-state index in [1.807, 2.05) is 0 Å². The predicted octanol–water partition coefficient (Wildman–Crippen LogP) is -0.958. The Morgan fingerprint density at radius 2 is 1.90 bits per heavy atom. The third-order valence-electron chi connectivity index (χ3n) is 2.89. The molecule has 8 nitrogen and oxygen atoms in total. The zero-order valence-electron chi connectivity index (χ0n) is 11.1. The van der Waals surface area contributed by atoms with Crippen LogP contribution in [0, 0.1) is 0 Å². The van der Waals surface area contributed by atoms with E-state index in [1.54, 1.807) is 6.92 Å². The van der Waals surface area contributed by atoms with Crippen LogP contribution in [0.1, 0.15) is 13.3 Å². The van der Waals surface area contributed by atoms with Gasteiger partial charge < -0.3 is 29.5 Å². The molecule has 0 aliphatic carbocycles. The van der Waals surface area contributed by atoms with E-state index >= 15 is 0 Å². The van der Waals surface area contributed by atoms with Gasteiger partial charge in [0.25, 0.3) is 0 Å². The van der Waals surface area contributed by atoms with E-state index in [1.165, 1.54) is 7.11 Å². The molecule has 0 radical (unpaired) electrons. The molecule has 0 aromatic rings. The maximum atomic E-state index is 11.4. The van der Waals surface area contributed by atoms with E-state index in [9.17, 15) is 19.8 Å². The minimum Gasteiger partial charge on any atom is -0.478 e. The number of aliphatic carboxylic acids is 1. The molecule has 1 saturated heterocycles. The van der Waals surface area contributed by atoms with Gasteiger partial charge in [-0.15, -0.1) is 0 Å². The molecule has 1 rings (SSSR count). The van der Waals surface area contributed by atoms with Crippen molar-refractivity contribution in [2.24, 2.45) is 0 Å². The lowest BCUT2D eigenvalue weighted by Crippen LogP contribution is -2.59. The van der Waals surface area contributed by atoms with Crippen LogP contribution in [-0.4, -0.2) is 65.1 Å². The summed E-state index contributed by atoms with van der Waals surface area (Å²) in [7, 11) is 1.30. The Labute approximate surface area is 115 Å². The zero-order valence-corrected chi connectivity index (χ0v) is 11.1. The number of hydrogen-bond donors (Lipinski definition) is 3. The van der Waals surface area contributed by atoms with Crippen LogP contribution >= 0.6 is 0 Å². The van der Waals surface area contributed by atoms with Crippen LogP contribution in [0.15, 0.2) is 12.2 Å². The predicted molar refractivity (Wildman–Crippen MR) is 64.6 cm³/mol. The fraction of sp³-hybridized carbons (Fsp3) is 0.667. The molecule has 0 aromatic heterocycles. The van der Waals surface area contributed by atoms with Gasteiger partial charge in [-0.05, 0) is 6.42 Å². The highest BCUT2D eigenvalue weighted by Gasteiger charge is 2.46. The summed E-state index contributed by atoms with van der Waals surface area (Å²) in [5.74, 6) is -2.29. The Kier molecular flexibility index (Phi) is 6.08. The average molecular weight is 290 g/mol. The highest BCUT2D eigenvalue weighted by atomic mass is 16.7. The number of aliphatic hydroxyl groups excluding tert-OH is 2. The topological polar surface area (TPSA) is 123 Å². The first kappa shape index (κ1) is 16.6. The number of hydrogen-bond acceptors (Lipinski definition) is 7. The van der Waals surface area contributed by atoms with E-state index in [-0.39, 0.29) is 0 Å². The van der Waals surface area contributed by atoms with Gasteiger partial charge in [0, 0.05) is 19.3 Å². The quantitative estimate of drug-likeness (QED) is 0.437. The minimum absolute atomic E-state index is 0.442. The first-order valence-electron chi connectivity index (χ1n) is 6.06. The maximum Gasteiger partial charge on any atom is 0.331 e. The summed E-state index contributed by atoms with van der Waals surface area (Å²) in [4.78, 5) is 21.7. The molecule has 0 amide bonds. The van der Waals surface area contributed by atoms with Crippen LogP contribution < -0.4 is 0 Å². The molecular weight excluding hydrogens is 272 g/mol. The lowest BCUT2D eigenvalue weighted by Gasteiger charge is -2.41. The number of ether oxygens (including phenoxy) is 3. The molecule has 1 heterocycles. The van der Waals surface area contributed by atoms with E-state index in [0.29, 0.717) is 18.6 Å². The number of carboxylic acid groups (broad SMARTS) is 1. The molecule has 1 aliphatic rings.